The monoisotopic (exact) mass is 333 g/mol. The van der Waals surface area contributed by atoms with E-state index < -0.39 is 6.10 Å². The van der Waals surface area contributed by atoms with Crippen molar-refractivity contribution in [3.63, 3.8) is 0 Å². The van der Waals surface area contributed by atoms with Crippen molar-refractivity contribution in [2.75, 3.05) is 18.5 Å². The Hall–Kier alpha value is -2.24. The Bertz CT molecular complexity index is 609. The van der Waals surface area contributed by atoms with E-state index in [1.807, 2.05) is 0 Å². The first-order chi connectivity index (χ1) is 11.6. The number of amides is 1. The van der Waals surface area contributed by atoms with Gasteiger partial charge >= 0.3 is 5.97 Å². The average molecular weight is 333 g/mol. The molecule has 0 spiro atoms. The van der Waals surface area contributed by atoms with E-state index in [0.29, 0.717) is 30.4 Å². The van der Waals surface area contributed by atoms with Crippen LogP contribution in [0.3, 0.4) is 0 Å². The van der Waals surface area contributed by atoms with Crippen LogP contribution >= 0.6 is 0 Å². The number of carbonyl (C=O) groups excluding carboxylic acids is 2. The molecule has 1 aromatic rings. The Morgan fingerprint density at radius 3 is 2.58 bits per heavy atom. The predicted octanol–water partition coefficient (Wildman–Crippen LogP) is 2.91. The van der Waals surface area contributed by atoms with E-state index in [1.165, 1.54) is 6.42 Å². The Labute approximate surface area is 141 Å². The van der Waals surface area contributed by atoms with Gasteiger partial charge in [0.15, 0.2) is 17.6 Å². The van der Waals surface area contributed by atoms with Gasteiger partial charge in [-0.3, -0.25) is 9.59 Å². The third-order valence-corrected chi connectivity index (χ3v) is 4.41. The molecule has 3 rings (SSSR count). The first kappa shape index (κ1) is 16.6. The summed E-state index contributed by atoms with van der Waals surface area (Å²) in [6, 6.07) is 5.20. The third-order valence-electron chi connectivity index (χ3n) is 4.41. The lowest BCUT2D eigenvalue weighted by Crippen LogP contribution is -2.32. The number of hydrogen-bond donors (Lipinski definition) is 1. The molecule has 2 aliphatic rings. The largest absolute Gasteiger partial charge is 0.486 e. The van der Waals surface area contributed by atoms with Crippen LogP contribution in [0.25, 0.3) is 0 Å². The molecule has 24 heavy (non-hydrogen) atoms. The minimum absolute atomic E-state index is 0.0664. The van der Waals surface area contributed by atoms with E-state index in [2.05, 4.69) is 5.32 Å². The molecule has 0 radical (unpaired) electrons. The van der Waals surface area contributed by atoms with Crippen molar-refractivity contribution in [3.05, 3.63) is 18.2 Å². The highest BCUT2D eigenvalue weighted by Gasteiger charge is 2.26. The van der Waals surface area contributed by atoms with Crippen LogP contribution in [0.15, 0.2) is 18.2 Å². The number of ether oxygens (including phenoxy) is 3. The van der Waals surface area contributed by atoms with E-state index in [-0.39, 0.29) is 17.8 Å². The Balaban J connectivity index is 1.54. The van der Waals surface area contributed by atoms with Crippen molar-refractivity contribution >= 4 is 17.6 Å². The van der Waals surface area contributed by atoms with E-state index in [0.717, 1.165) is 25.7 Å². The van der Waals surface area contributed by atoms with Crippen molar-refractivity contribution < 1.29 is 23.8 Å². The van der Waals surface area contributed by atoms with Crippen molar-refractivity contribution in [2.45, 2.75) is 45.1 Å². The number of esters is 1. The van der Waals surface area contributed by atoms with Crippen LogP contribution in [0.5, 0.6) is 11.5 Å². The fourth-order valence-electron chi connectivity index (χ4n) is 3.03. The molecular weight excluding hydrogens is 310 g/mol. The third kappa shape index (κ3) is 3.99. The summed E-state index contributed by atoms with van der Waals surface area (Å²) in [5.41, 5.74) is 0.588. The van der Waals surface area contributed by atoms with E-state index >= 15 is 0 Å². The highest BCUT2D eigenvalue weighted by Crippen LogP contribution is 2.32. The van der Waals surface area contributed by atoms with Gasteiger partial charge in [0.1, 0.15) is 13.2 Å². The Kier molecular flexibility index (Phi) is 5.23. The molecule has 1 atom stereocenters. The Morgan fingerprint density at radius 2 is 1.83 bits per heavy atom. The van der Waals surface area contributed by atoms with Crippen LogP contribution in [-0.4, -0.2) is 31.2 Å². The van der Waals surface area contributed by atoms with Crippen LogP contribution in [-0.2, 0) is 14.3 Å². The number of hydrogen-bond acceptors (Lipinski definition) is 5. The second-order valence-corrected chi connectivity index (χ2v) is 6.26. The molecule has 1 aromatic carbocycles. The highest BCUT2D eigenvalue weighted by atomic mass is 16.6. The van der Waals surface area contributed by atoms with E-state index in [1.54, 1.807) is 25.1 Å². The van der Waals surface area contributed by atoms with E-state index in [4.69, 9.17) is 14.2 Å². The lowest BCUT2D eigenvalue weighted by atomic mass is 9.89. The summed E-state index contributed by atoms with van der Waals surface area (Å²) in [4.78, 5) is 24.4. The quantitative estimate of drug-likeness (QED) is 0.858. The van der Waals surface area contributed by atoms with Gasteiger partial charge in [-0.05, 0) is 31.9 Å². The molecule has 1 N–H and O–H groups in total. The normalized spacial score (nSPS) is 18.5. The van der Waals surface area contributed by atoms with Crippen LogP contribution in [0.2, 0.25) is 0 Å². The summed E-state index contributed by atoms with van der Waals surface area (Å²) in [6.45, 7) is 2.60. The number of carbonyl (C=O) groups is 2. The van der Waals surface area contributed by atoms with E-state index in [9.17, 15) is 9.59 Å². The van der Waals surface area contributed by atoms with Gasteiger partial charge in [0.2, 0.25) is 0 Å². The van der Waals surface area contributed by atoms with Crippen LogP contribution in [0.1, 0.15) is 39.0 Å². The summed E-state index contributed by atoms with van der Waals surface area (Å²) in [6.07, 6.45) is 4.16. The zero-order chi connectivity index (χ0) is 16.9. The average Bonchev–Trinajstić information content (AvgIpc) is 2.62. The molecular formula is C18H23NO5. The van der Waals surface area contributed by atoms with Crippen LogP contribution < -0.4 is 14.8 Å². The maximum absolute atomic E-state index is 12.2. The molecule has 0 saturated heterocycles. The molecule has 1 aliphatic carbocycles. The topological polar surface area (TPSA) is 73.9 Å². The lowest BCUT2D eigenvalue weighted by Gasteiger charge is -2.22. The summed E-state index contributed by atoms with van der Waals surface area (Å²) in [5.74, 6) is 0.584. The van der Waals surface area contributed by atoms with Crippen LogP contribution in [0, 0.1) is 5.92 Å². The fraction of sp³-hybridized carbons (Fsp3) is 0.556. The lowest BCUT2D eigenvalue weighted by molar-refractivity contribution is -0.158. The number of benzene rings is 1. The molecule has 0 aromatic heterocycles. The maximum Gasteiger partial charge on any atom is 0.309 e. The van der Waals surface area contributed by atoms with Gasteiger partial charge in [0.25, 0.3) is 5.91 Å². The van der Waals surface area contributed by atoms with Gasteiger partial charge in [-0.15, -0.1) is 0 Å². The molecule has 1 aliphatic heterocycles. The maximum atomic E-state index is 12.2. The van der Waals surface area contributed by atoms with Crippen molar-refractivity contribution in [1.82, 2.24) is 0 Å². The standard InChI is InChI=1S/C18H23NO5/c1-12(24-18(21)13-5-3-2-4-6-13)17(20)19-14-7-8-15-16(11-14)23-10-9-22-15/h7-8,11-13H,2-6,9-10H2,1H3,(H,19,20). The summed E-state index contributed by atoms with van der Waals surface area (Å²) >= 11 is 0. The molecule has 0 bridgehead atoms. The number of nitrogens with one attached hydrogen (secondary N) is 1. The molecule has 1 amide bonds. The number of fused-ring (bicyclic) bond motifs is 1. The number of anilines is 1. The van der Waals surface area contributed by atoms with Crippen LogP contribution in [0.4, 0.5) is 5.69 Å². The van der Waals surface area contributed by atoms with Gasteiger partial charge in [0.05, 0.1) is 5.92 Å². The minimum atomic E-state index is -0.826. The molecule has 130 valence electrons. The van der Waals surface area contributed by atoms with Crippen molar-refractivity contribution in [3.8, 4) is 11.5 Å². The Morgan fingerprint density at radius 1 is 1.12 bits per heavy atom. The van der Waals surface area contributed by atoms with Gasteiger partial charge in [-0.1, -0.05) is 19.3 Å². The SMILES string of the molecule is CC(OC(=O)C1CCCCC1)C(=O)Nc1ccc2c(c1)OCCO2. The zero-order valence-electron chi connectivity index (χ0n) is 13.9. The van der Waals surface area contributed by atoms with Crippen molar-refractivity contribution in [1.29, 1.82) is 0 Å². The molecule has 1 heterocycles. The smallest absolute Gasteiger partial charge is 0.309 e. The summed E-state index contributed by atoms with van der Waals surface area (Å²) < 4.78 is 16.3. The second kappa shape index (κ2) is 7.55. The molecule has 1 unspecified atom stereocenters. The molecule has 1 fully saturated rings. The first-order valence-electron chi connectivity index (χ1n) is 8.54. The van der Waals surface area contributed by atoms with Gasteiger partial charge < -0.3 is 19.5 Å². The van der Waals surface area contributed by atoms with Gasteiger partial charge in [0, 0.05) is 11.8 Å². The highest BCUT2D eigenvalue weighted by molar-refractivity contribution is 5.95. The summed E-state index contributed by atoms with van der Waals surface area (Å²) in [5, 5.41) is 2.75. The van der Waals surface area contributed by atoms with Crippen molar-refractivity contribution in [2.24, 2.45) is 5.92 Å². The number of rotatable bonds is 4. The second-order valence-electron chi connectivity index (χ2n) is 6.26. The first-order valence-corrected chi connectivity index (χ1v) is 8.54. The summed E-state index contributed by atoms with van der Waals surface area (Å²) in [7, 11) is 0. The van der Waals surface area contributed by atoms with Gasteiger partial charge in [-0.2, -0.15) is 0 Å². The predicted molar refractivity (Wildman–Crippen MR) is 88.2 cm³/mol. The molecule has 6 nitrogen and oxygen atoms in total. The molecule has 1 saturated carbocycles. The zero-order valence-corrected chi connectivity index (χ0v) is 13.9. The molecule has 6 heteroatoms. The van der Waals surface area contributed by atoms with Gasteiger partial charge in [-0.25, -0.2) is 0 Å². The fourth-order valence-corrected chi connectivity index (χ4v) is 3.03. The minimum Gasteiger partial charge on any atom is -0.486 e.